The van der Waals surface area contributed by atoms with E-state index in [0.29, 0.717) is 13.0 Å². The fourth-order valence-electron chi connectivity index (χ4n) is 2.54. The second kappa shape index (κ2) is 9.47. The van der Waals surface area contributed by atoms with Crippen molar-refractivity contribution in [3.05, 3.63) is 64.2 Å². The summed E-state index contributed by atoms with van der Waals surface area (Å²) < 4.78 is 5.86. The van der Waals surface area contributed by atoms with E-state index in [4.69, 9.17) is 16.3 Å². The standard InChI is InChI=1S/C21H26ClNO2/c1-4-20(25-19-12-7-15(2)16(3)14-19)21(24)23-13-5-6-17-8-10-18(22)11-9-17/h7-12,14,20H,4-6,13H2,1-3H3,(H,23,24)/t20-/m1/s1. The molecular formula is C21H26ClNO2. The van der Waals surface area contributed by atoms with E-state index < -0.39 is 6.10 Å². The van der Waals surface area contributed by atoms with Crippen molar-refractivity contribution in [2.45, 2.75) is 46.1 Å². The molecule has 0 aliphatic heterocycles. The second-order valence-corrected chi connectivity index (χ2v) is 6.72. The Morgan fingerprint density at radius 2 is 1.84 bits per heavy atom. The van der Waals surface area contributed by atoms with Gasteiger partial charge in [0.1, 0.15) is 5.75 Å². The zero-order valence-electron chi connectivity index (χ0n) is 15.1. The Morgan fingerprint density at radius 3 is 2.48 bits per heavy atom. The lowest BCUT2D eigenvalue weighted by Gasteiger charge is -2.18. The molecule has 0 heterocycles. The molecule has 134 valence electrons. The van der Waals surface area contributed by atoms with Gasteiger partial charge in [-0.15, -0.1) is 0 Å². The molecule has 25 heavy (non-hydrogen) atoms. The SMILES string of the molecule is CC[C@@H](Oc1ccc(C)c(C)c1)C(=O)NCCCc1ccc(Cl)cc1. The van der Waals surface area contributed by atoms with Gasteiger partial charge in [-0.2, -0.15) is 0 Å². The predicted molar refractivity (Wildman–Crippen MR) is 103 cm³/mol. The molecule has 0 unspecified atom stereocenters. The average molecular weight is 360 g/mol. The third-order valence-corrected chi connectivity index (χ3v) is 4.53. The fraction of sp³-hybridized carbons (Fsp3) is 0.381. The lowest BCUT2D eigenvalue weighted by molar-refractivity contribution is -0.128. The molecule has 2 rings (SSSR count). The molecule has 0 saturated carbocycles. The number of rotatable bonds is 8. The summed E-state index contributed by atoms with van der Waals surface area (Å²) in [6, 6.07) is 13.7. The number of carbonyl (C=O) groups excluding carboxylic acids is 1. The highest BCUT2D eigenvalue weighted by atomic mass is 35.5. The van der Waals surface area contributed by atoms with Crippen LogP contribution in [0.2, 0.25) is 5.02 Å². The number of benzene rings is 2. The molecule has 1 atom stereocenters. The topological polar surface area (TPSA) is 38.3 Å². The smallest absolute Gasteiger partial charge is 0.261 e. The summed E-state index contributed by atoms with van der Waals surface area (Å²) in [4.78, 5) is 12.3. The van der Waals surface area contributed by atoms with Gasteiger partial charge in [0.15, 0.2) is 6.10 Å². The first-order valence-corrected chi connectivity index (χ1v) is 9.13. The van der Waals surface area contributed by atoms with Crippen LogP contribution in [0.25, 0.3) is 0 Å². The predicted octanol–water partition coefficient (Wildman–Crippen LogP) is 4.86. The van der Waals surface area contributed by atoms with Crippen LogP contribution in [-0.4, -0.2) is 18.6 Å². The number of carbonyl (C=O) groups is 1. The van der Waals surface area contributed by atoms with Gasteiger partial charge in [0.2, 0.25) is 0 Å². The number of aryl methyl sites for hydroxylation is 3. The first-order valence-electron chi connectivity index (χ1n) is 8.75. The van der Waals surface area contributed by atoms with E-state index in [1.54, 1.807) is 0 Å². The van der Waals surface area contributed by atoms with Crippen LogP contribution >= 0.6 is 11.6 Å². The van der Waals surface area contributed by atoms with Crippen LogP contribution in [0.4, 0.5) is 0 Å². The van der Waals surface area contributed by atoms with Crippen LogP contribution < -0.4 is 10.1 Å². The molecule has 0 fully saturated rings. The number of hydrogen-bond donors (Lipinski definition) is 1. The van der Waals surface area contributed by atoms with Crippen molar-refractivity contribution in [3.8, 4) is 5.75 Å². The molecule has 4 heteroatoms. The number of amides is 1. The van der Waals surface area contributed by atoms with Crippen molar-refractivity contribution in [1.29, 1.82) is 0 Å². The summed E-state index contributed by atoms with van der Waals surface area (Å²) in [5.74, 6) is 0.683. The van der Waals surface area contributed by atoms with Crippen LogP contribution in [0.15, 0.2) is 42.5 Å². The summed E-state index contributed by atoms with van der Waals surface area (Å²) in [6.45, 7) is 6.69. The zero-order valence-corrected chi connectivity index (χ0v) is 15.9. The van der Waals surface area contributed by atoms with E-state index in [-0.39, 0.29) is 5.91 Å². The van der Waals surface area contributed by atoms with Crippen molar-refractivity contribution in [2.24, 2.45) is 0 Å². The van der Waals surface area contributed by atoms with Gasteiger partial charge < -0.3 is 10.1 Å². The summed E-state index contributed by atoms with van der Waals surface area (Å²) in [5.41, 5.74) is 3.60. The average Bonchev–Trinajstić information content (AvgIpc) is 2.61. The van der Waals surface area contributed by atoms with E-state index in [2.05, 4.69) is 12.2 Å². The minimum absolute atomic E-state index is 0.0585. The zero-order chi connectivity index (χ0) is 18.2. The Labute approximate surface area is 155 Å². The number of hydrogen-bond acceptors (Lipinski definition) is 2. The molecule has 0 aliphatic carbocycles. The van der Waals surface area contributed by atoms with Crippen molar-refractivity contribution < 1.29 is 9.53 Å². The molecule has 0 radical (unpaired) electrons. The molecule has 0 spiro atoms. The molecule has 2 aromatic rings. The summed E-state index contributed by atoms with van der Waals surface area (Å²) in [6.07, 6.45) is 1.97. The van der Waals surface area contributed by atoms with Crippen LogP contribution in [0, 0.1) is 13.8 Å². The Balaban J connectivity index is 1.79. The maximum Gasteiger partial charge on any atom is 0.261 e. The molecular weight excluding hydrogens is 334 g/mol. The highest BCUT2D eigenvalue weighted by Crippen LogP contribution is 2.18. The molecule has 0 bridgehead atoms. The minimum atomic E-state index is -0.461. The molecule has 0 aliphatic rings. The lowest BCUT2D eigenvalue weighted by Crippen LogP contribution is -2.38. The molecule has 0 saturated heterocycles. The van der Waals surface area contributed by atoms with Gasteiger partial charge in [-0.05, 0) is 74.1 Å². The van der Waals surface area contributed by atoms with E-state index in [1.807, 2.05) is 56.3 Å². The number of nitrogens with one attached hydrogen (secondary N) is 1. The van der Waals surface area contributed by atoms with E-state index in [9.17, 15) is 4.79 Å². The molecule has 1 amide bonds. The molecule has 1 N–H and O–H groups in total. The highest BCUT2D eigenvalue weighted by Gasteiger charge is 2.17. The summed E-state index contributed by atoms with van der Waals surface area (Å²) >= 11 is 5.88. The summed E-state index contributed by atoms with van der Waals surface area (Å²) in [7, 11) is 0. The largest absolute Gasteiger partial charge is 0.481 e. The van der Waals surface area contributed by atoms with E-state index in [0.717, 1.165) is 29.2 Å². The normalized spacial score (nSPS) is 11.8. The Hall–Kier alpha value is -2.00. The maximum atomic E-state index is 12.3. The van der Waals surface area contributed by atoms with Crippen LogP contribution in [0.1, 0.15) is 36.5 Å². The van der Waals surface area contributed by atoms with Crippen molar-refractivity contribution in [2.75, 3.05) is 6.54 Å². The number of ether oxygens (including phenoxy) is 1. The first kappa shape index (κ1) is 19.3. The third-order valence-electron chi connectivity index (χ3n) is 4.27. The quantitative estimate of drug-likeness (QED) is 0.683. The van der Waals surface area contributed by atoms with Crippen LogP contribution in [0.3, 0.4) is 0 Å². The van der Waals surface area contributed by atoms with E-state index >= 15 is 0 Å². The van der Waals surface area contributed by atoms with Crippen LogP contribution in [0.5, 0.6) is 5.75 Å². The van der Waals surface area contributed by atoms with Gasteiger partial charge in [-0.25, -0.2) is 0 Å². The Bertz CT molecular complexity index is 698. The number of halogens is 1. The van der Waals surface area contributed by atoms with Crippen molar-refractivity contribution in [3.63, 3.8) is 0 Å². The molecule has 2 aromatic carbocycles. The molecule has 3 nitrogen and oxygen atoms in total. The second-order valence-electron chi connectivity index (χ2n) is 6.28. The third kappa shape index (κ3) is 6.09. The van der Waals surface area contributed by atoms with Crippen molar-refractivity contribution in [1.82, 2.24) is 5.32 Å². The fourth-order valence-corrected chi connectivity index (χ4v) is 2.67. The maximum absolute atomic E-state index is 12.3. The van der Waals surface area contributed by atoms with Gasteiger partial charge in [-0.1, -0.05) is 36.7 Å². The minimum Gasteiger partial charge on any atom is -0.481 e. The monoisotopic (exact) mass is 359 g/mol. The molecule has 0 aromatic heterocycles. The van der Waals surface area contributed by atoms with E-state index in [1.165, 1.54) is 11.1 Å². The van der Waals surface area contributed by atoms with Gasteiger partial charge in [0.05, 0.1) is 0 Å². The van der Waals surface area contributed by atoms with Crippen molar-refractivity contribution >= 4 is 17.5 Å². The van der Waals surface area contributed by atoms with Gasteiger partial charge >= 0.3 is 0 Å². The van der Waals surface area contributed by atoms with Gasteiger partial charge in [0.25, 0.3) is 5.91 Å². The highest BCUT2D eigenvalue weighted by molar-refractivity contribution is 6.30. The van der Waals surface area contributed by atoms with Crippen LogP contribution in [-0.2, 0) is 11.2 Å². The lowest BCUT2D eigenvalue weighted by atomic mass is 10.1. The summed E-state index contributed by atoms with van der Waals surface area (Å²) in [5, 5.41) is 3.71. The van der Waals surface area contributed by atoms with Gasteiger partial charge in [0, 0.05) is 11.6 Å². The van der Waals surface area contributed by atoms with Gasteiger partial charge in [-0.3, -0.25) is 4.79 Å². The Morgan fingerprint density at radius 1 is 1.12 bits per heavy atom. The Kier molecular flexibility index (Phi) is 7.32. The first-order chi connectivity index (χ1) is 12.0.